The van der Waals surface area contributed by atoms with Gasteiger partial charge in [-0.1, -0.05) is 43.5 Å². The van der Waals surface area contributed by atoms with Crippen LogP contribution in [0, 0.1) is 6.92 Å². The Hall–Kier alpha value is -2.34. The third kappa shape index (κ3) is 4.69. The van der Waals surface area contributed by atoms with Gasteiger partial charge in [0.2, 0.25) is 0 Å². The van der Waals surface area contributed by atoms with Gasteiger partial charge in [0.05, 0.1) is 18.2 Å². The molecule has 6 nitrogen and oxygen atoms in total. The molecule has 3 rings (SSSR count). The first kappa shape index (κ1) is 22.3. The maximum absolute atomic E-state index is 13.2. The van der Waals surface area contributed by atoms with E-state index < -0.39 is 6.04 Å². The first-order valence-corrected chi connectivity index (χ1v) is 11.2. The fourth-order valence-corrected chi connectivity index (χ4v) is 4.69. The van der Waals surface area contributed by atoms with Gasteiger partial charge in [0.15, 0.2) is 0 Å². The summed E-state index contributed by atoms with van der Waals surface area (Å²) < 4.78 is 5.47. The zero-order valence-electron chi connectivity index (χ0n) is 18.7. The number of esters is 1. The average molecular weight is 414 g/mol. The predicted molar refractivity (Wildman–Crippen MR) is 118 cm³/mol. The highest BCUT2D eigenvalue weighted by atomic mass is 16.5. The van der Waals surface area contributed by atoms with Crippen LogP contribution in [0.25, 0.3) is 0 Å². The first-order valence-electron chi connectivity index (χ1n) is 11.2. The highest BCUT2D eigenvalue weighted by molar-refractivity contribution is 5.95. The van der Waals surface area contributed by atoms with Crippen LogP contribution in [0.2, 0.25) is 0 Å². The van der Waals surface area contributed by atoms with E-state index in [1.165, 1.54) is 19.3 Å². The van der Waals surface area contributed by atoms with Crippen molar-refractivity contribution in [1.82, 2.24) is 15.1 Å². The van der Waals surface area contributed by atoms with Crippen molar-refractivity contribution in [3.05, 3.63) is 46.7 Å². The molecule has 1 aliphatic carbocycles. The van der Waals surface area contributed by atoms with Crippen LogP contribution in [-0.4, -0.2) is 54.6 Å². The van der Waals surface area contributed by atoms with E-state index in [2.05, 4.69) is 17.3 Å². The molecule has 1 aromatic carbocycles. The molecule has 1 atom stereocenters. The van der Waals surface area contributed by atoms with Crippen LogP contribution >= 0.6 is 0 Å². The number of benzene rings is 1. The van der Waals surface area contributed by atoms with Gasteiger partial charge in [-0.25, -0.2) is 9.59 Å². The van der Waals surface area contributed by atoms with E-state index >= 15 is 0 Å². The van der Waals surface area contributed by atoms with Gasteiger partial charge >= 0.3 is 12.0 Å². The van der Waals surface area contributed by atoms with E-state index in [-0.39, 0.29) is 12.0 Å². The number of nitrogens with one attached hydrogen (secondary N) is 1. The minimum Gasteiger partial charge on any atom is -0.463 e. The lowest BCUT2D eigenvalue weighted by atomic mass is 9.90. The monoisotopic (exact) mass is 413 g/mol. The predicted octanol–water partition coefficient (Wildman–Crippen LogP) is 4.16. The zero-order chi connectivity index (χ0) is 21.7. The van der Waals surface area contributed by atoms with Gasteiger partial charge in [0.1, 0.15) is 0 Å². The highest BCUT2D eigenvalue weighted by Crippen LogP contribution is 2.34. The Morgan fingerprint density at radius 2 is 1.90 bits per heavy atom. The maximum atomic E-state index is 13.2. The van der Waals surface area contributed by atoms with Crippen LogP contribution < -0.4 is 5.32 Å². The summed E-state index contributed by atoms with van der Waals surface area (Å²) in [5, 5.41) is 3.06. The van der Waals surface area contributed by atoms with Crippen molar-refractivity contribution >= 4 is 12.0 Å². The minimum absolute atomic E-state index is 0.161. The van der Waals surface area contributed by atoms with Crippen molar-refractivity contribution in [2.75, 3.05) is 26.7 Å². The molecule has 0 spiro atoms. The number of nitrogens with zero attached hydrogens (tertiary/aromatic N) is 2. The number of hydrogen-bond acceptors (Lipinski definition) is 4. The van der Waals surface area contributed by atoms with Gasteiger partial charge in [-0.05, 0) is 51.8 Å². The third-order valence-electron chi connectivity index (χ3n) is 6.35. The van der Waals surface area contributed by atoms with Gasteiger partial charge < -0.3 is 10.1 Å². The Kier molecular flexibility index (Phi) is 7.53. The number of hydrogen-bond donors (Lipinski definition) is 1. The van der Waals surface area contributed by atoms with Crippen molar-refractivity contribution in [3.8, 4) is 0 Å². The molecular formula is C24H35N3O3. The van der Waals surface area contributed by atoms with Crippen molar-refractivity contribution in [2.45, 2.75) is 65.0 Å². The van der Waals surface area contributed by atoms with Gasteiger partial charge in [-0.15, -0.1) is 0 Å². The third-order valence-corrected chi connectivity index (χ3v) is 6.35. The molecule has 1 aliphatic heterocycles. The van der Waals surface area contributed by atoms with Crippen molar-refractivity contribution in [1.29, 1.82) is 0 Å². The van der Waals surface area contributed by atoms with Crippen LogP contribution in [0.1, 0.15) is 63.1 Å². The Bertz CT molecular complexity index is 799. The second-order valence-corrected chi connectivity index (χ2v) is 8.27. The fraction of sp³-hybridized carbons (Fsp3) is 0.583. The Morgan fingerprint density at radius 1 is 1.20 bits per heavy atom. The molecule has 30 heavy (non-hydrogen) atoms. The van der Waals surface area contributed by atoms with Crippen LogP contribution in [-0.2, 0) is 9.53 Å². The molecule has 0 bridgehead atoms. The number of ether oxygens (including phenoxy) is 1. The molecule has 1 aromatic rings. The highest BCUT2D eigenvalue weighted by Gasteiger charge is 2.38. The molecule has 0 aromatic heterocycles. The van der Waals surface area contributed by atoms with E-state index in [9.17, 15) is 9.59 Å². The SMILES string of the molecule is CCOC(=O)C1=C(CN(C)C2CCCCC2)N(CC)C(=O)NC1c1ccccc1C. The molecule has 0 saturated heterocycles. The summed E-state index contributed by atoms with van der Waals surface area (Å²) in [7, 11) is 2.11. The lowest BCUT2D eigenvalue weighted by Crippen LogP contribution is -2.51. The summed E-state index contributed by atoms with van der Waals surface area (Å²) in [6.45, 7) is 7.12. The molecule has 2 amide bonds. The van der Waals surface area contributed by atoms with E-state index in [0.717, 1.165) is 29.7 Å². The summed E-state index contributed by atoms with van der Waals surface area (Å²) in [4.78, 5) is 30.2. The standard InChI is InChI=1S/C24H35N3O3/c1-5-27-20(16-26(4)18-13-8-7-9-14-18)21(23(28)30-6-2)22(25-24(27)29)19-15-11-10-12-17(19)3/h10-12,15,18,22H,5-9,13-14,16H2,1-4H3,(H,25,29). The second-order valence-electron chi connectivity index (χ2n) is 8.27. The van der Waals surface area contributed by atoms with Crippen LogP contribution in [0.15, 0.2) is 35.5 Å². The topological polar surface area (TPSA) is 61.9 Å². The largest absolute Gasteiger partial charge is 0.463 e. The van der Waals surface area contributed by atoms with Crippen molar-refractivity contribution < 1.29 is 14.3 Å². The van der Waals surface area contributed by atoms with E-state index in [0.29, 0.717) is 31.3 Å². The van der Waals surface area contributed by atoms with E-state index in [1.807, 2.05) is 45.0 Å². The van der Waals surface area contributed by atoms with Crippen LogP contribution in [0.4, 0.5) is 4.79 Å². The van der Waals surface area contributed by atoms with Gasteiger partial charge in [-0.3, -0.25) is 9.80 Å². The molecule has 1 unspecified atom stereocenters. The fourth-order valence-electron chi connectivity index (χ4n) is 4.69. The normalized spacial score (nSPS) is 20.5. The summed E-state index contributed by atoms with van der Waals surface area (Å²) in [6, 6.07) is 7.70. The molecular weight excluding hydrogens is 378 g/mol. The zero-order valence-corrected chi connectivity index (χ0v) is 18.7. The minimum atomic E-state index is -0.504. The first-order chi connectivity index (χ1) is 14.5. The summed E-state index contributed by atoms with van der Waals surface area (Å²) in [5.74, 6) is -0.351. The summed E-state index contributed by atoms with van der Waals surface area (Å²) in [6.07, 6.45) is 6.10. The van der Waals surface area contributed by atoms with E-state index in [1.54, 1.807) is 4.90 Å². The lowest BCUT2D eigenvalue weighted by Gasteiger charge is -2.40. The molecule has 1 saturated carbocycles. The van der Waals surface area contributed by atoms with E-state index in [4.69, 9.17) is 4.74 Å². The number of likely N-dealkylation sites (N-methyl/N-ethyl adjacent to an activating group) is 2. The second kappa shape index (κ2) is 10.1. The molecule has 1 fully saturated rings. The molecule has 0 radical (unpaired) electrons. The Morgan fingerprint density at radius 3 is 2.53 bits per heavy atom. The Balaban J connectivity index is 2.06. The molecule has 2 aliphatic rings. The number of aryl methyl sites for hydroxylation is 1. The van der Waals surface area contributed by atoms with Crippen molar-refractivity contribution in [2.24, 2.45) is 0 Å². The molecule has 6 heteroatoms. The molecule has 164 valence electrons. The maximum Gasteiger partial charge on any atom is 0.338 e. The molecule has 1 N–H and O–H groups in total. The number of carbonyl (C=O) groups is 2. The summed E-state index contributed by atoms with van der Waals surface area (Å²) in [5.41, 5.74) is 3.29. The number of amides is 2. The Labute approximate surface area is 180 Å². The number of urea groups is 1. The summed E-state index contributed by atoms with van der Waals surface area (Å²) >= 11 is 0. The van der Waals surface area contributed by atoms with Crippen molar-refractivity contribution in [3.63, 3.8) is 0 Å². The lowest BCUT2D eigenvalue weighted by molar-refractivity contribution is -0.139. The number of carbonyl (C=O) groups excluding carboxylic acids is 2. The van der Waals surface area contributed by atoms with Gasteiger partial charge in [-0.2, -0.15) is 0 Å². The number of rotatable bonds is 7. The smallest absolute Gasteiger partial charge is 0.338 e. The molecule has 1 heterocycles. The van der Waals surface area contributed by atoms with Gasteiger partial charge in [0, 0.05) is 24.8 Å². The van der Waals surface area contributed by atoms with Crippen LogP contribution in [0.5, 0.6) is 0 Å². The average Bonchev–Trinajstić information content (AvgIpc) is 2.74. The van der Waals surface area contributed by atoms with Crippen LogP contribution in [0.3, 0.4) is 0 Å². The quantitative estimate of drug-likeness (QED) is 0.682. The van der Waals surface area contributed by atoms with Gasteiger partial charge in [0.25, 0.3) is 0 Å².